The van der Waals surface area contributed by atoms with Gasteiger partial charge >= 0.3 is 0 Å². The Balaban J connectivity index is 1.97. The van der Waals surface area contributed by atoms with Crippen molar-refractivity contribution in [1.29, 1.82) is 0 Å². The van der Waals surface area contributed by atoms with E-state index in [1.54, 1.807) is 12.3 Å². The Bertz CT molecular complexity index is 355. The van der Waals surface area contributed by atoms with E-state index in [0.29, 0.717) is 11.6 Å². The third kappa shape index (κ3) is 2.61. The van der Waals surface area contributed by atoms with Gasteiger partial charge in [-0.25, -0.2) is 0 Å². The summed E-state index contributed by atoms with van der Waals surface area (Å²) < 4.78 is 0. The third-order valence-corrected chi connectivity index (χ3v) is 3.43. The number of hydrogen-bond acceptors (Lipinski definition) is 2. The average molecular weight is 283 g/mol. The maximum Gasteiger partial charge on any atom is 0.272 e. The predicted molar refractivity (Wildman–Crippen MR) is 66.7 cm³/mol. The summed E-state index contributed by atoms with van der Waals surface area (Å²) in [5.74, 6) is 0.713. The van der Waals surface area contributed by atoms with Gasteiger partial charge in [-0.1, -0.05) is 22.0 Å². The molecule has 1 fully saturated rings. The van der Waals surface area contributed by atoms with E-state index in [4.69, 9.17) is 0 Å². The van der Waals surface area contributed by atoms with E-state index in [0.717, 1.165) is 31.3 Å². The fraction of sp³-hybridized carbons (Fsp3) is 0.500. The van der Waals surface area contributed by atoms with Gasteiger partial charge in [0.25, 0.3) is 5.91 Å². The monoisotopic (exact) mass is 282 g/mol. The summed E-state index contributed by atoms with van der Waals surface area (Å²) in [5.41, 5.74) is 0.557. The number of carbonyl (C=O) groups excluding carboxylic acids is 1. The van der Waals surface area contributed by atoms with Crippen molar-refractivity contribution in [1.82, 2.24) is 9.88 Å². The molecule has 0 saturated carbocycles. The minimum absolute atomic E-state index is 0.0673. The first kappa shape index (κ1) is 11.6. The number of hydrogen-bond donors (Lipinski definition) is 0. The lowest BCUT2D eigenvalue weighted by Gasteiger charge is -2.15. The van der Waals surface area contributed by atoms with Crippen LogP contribution in [0.15, 0.2) is 24.4 Å². The SMILES string of the molecule is O=C(c1ccccn1)N1CCC(CCBr)C1. The highest BCUT2D eigenvalue weighted by atomic mass is 79.9. The van der Waals surface area contributed by atoms with Gasteiger partial charge in [0.15, 0.2) is 0 Å². The van der Waals surface area contributed by atoms with Crippen LogP contribution in [0.5, 0.6) is 0 Å². The van der Waals surface area contributed by atoms with Crippen LogP contribution in [0.2, 0.25) is 0 Å². The van der Waals surface area contributed by atoms with Crippen LogP contribution in [-0.2, 0) is 0 Å². The Kier molecular flexibility index (Phi) is 3.93. The summed E-state index contributed by atoms with van der Waals surface area (Å²) in [7, 11) is 0. The number of alkyl halides is 1. The lowest BCUT2D eigenvalue weighted by atomic mass is 10.1. The molecule has 3 nitrogen and oxygen atoms in total. The maximum absolute atomic E-state index is 12.0. The molecule has 2 rings (SSSR count). The van der Waals surface area contributed by atoms with Gasteiger partial charge in [0.2, 0.25) is 0 Å². The molecule has 1 aromatic heterocycles. The number of carbonyl (C=O) groups is 1. The van der Waals surface area contributed by atoms with Crippen molar-refractivity contribution in [2.75, 3.05) is 18.4 Å². The summed E-state index contributed by atoms with van der Waals surface area (Å²) in [4.78, 5) is 18.1. The normalized spacial score (nSPS) is 20.1. The van der Waals surface area contributed by atoms with Crippen LogP contribution in [0.25, 0.3) is 0 Å². The molecule has 0 aromatic carbocycles. The molecule has 86 valence electrons. The summed E-state index contributed by atoms with van der Waals surface area (Å²) >= 11 is 3.45. The predicted octanol–water partition coefficient (Wildman–Crippen LogP) is 2.33. The topological polar surface area (TPSA) is 33.2 Å². The number of rotatable bonds is 3. The van der Waals surface area contributed by atoms with Crippen LogP contribution < -0.4 is 0 Å². The van der Waals surface area contributed by atoms with Crippen LogP contribution in [-0.4, -0.2) is 34.2 Å². The van der Waals surface area contributed by atoms with Gasteiger partial charge in [-0.3, -0.25) is 9.78 Å². The van der Waals surface area contributed by atoms with Gasteiger partial charge in [0.1, 0.15) is 5.69 Å². The largest absolute Gasteiger partial charge is 0.337 e. The van der Waals surface area contributed by atoms with Crippen molar-refractivity contribution in [2.45, 2.75) is 12.8 Å². The molecule has 0 bridgehead atoms. The van der Waals surface area contributed by atoms with Gasteiger partial charge in [0, 0.05) is 24.6 Å². The second kappa shape index (κ2) is 5.43. The van der Waals surface area contributed by atoms with Crippen LogP contribution in [0.1, 0.15) is 23.3 Å². The molecular formula is C12H15BrN2O. The lowest BCUT2D eigenvalue weighted by Crippen LogP contribution is -2.29. The second-order valence-corrected chi connectivity index (χ2v) is 4.89. The Hall–Kier alpha value is -0.900. The highest BCUT2D eigenvalue weighted by Crippen LogP contribution is 2.21. The molecule has 0 spiro atoms. The first-order valence-corrected chi connectivity index (χ1v) is 6.69. The summed E-state index contributed by atoms with van der Waals surface area (Å²) in [5, 5.41) is 1.02. The Morgan fingerprint density at radius 1 is 1.56 bits per heavy atom. The van der Waals surface area contributed by atoms with Gasteiger partial charge < -0.3 is 4.90 Å². The average Bonchev–Trinajstić information content (AvgIpc) is 2.78. The molecule has 0 aliphatic carbocycles. The molecule has 1 amide bonds. The second-order valence-electron chi connectivity index (χ2n) is 4.10. The zero-order valence-electron chi connectivity index (χ0n) is 9.10. The van der Waals surface area contributed by atoms with Crippen molar-refractivity contribution < 1.29 is 4.79 Å². The summed E-state index contributed by atoms with van der Waals surface area (Å²) in [6.45, 7) is 1.74. The van der Waals surface area contributed by atoms with Crippen molar-refractivity contribution >= 4 is 21.8 Å². The number of amides is 1. The van der Waals surface area contributed by atoms with E-state index in [9.17, 15) is 4.79 Å². The molecule has 0 radical (unpaired) electrons. The molecule has 1 aromatic rings. The van der Waals surface area contributed by atoms with Crippen molar-refractivity contribution in [3.8, 4) is 0 Å². The Morgan fingerprint density at radius 3 is 3.12 bits per heavy atom. The first-order valence-electron chi connectivity index (χ1n) is 5.57. The van der Waals surface area contributed by atoms with Crippen LogP contribution in [0.4, 0.5) is 0 Å². The fourth-order valence-corrected chi connectivity index (χ4v) is 2.71. The third-order valence-electron chi connectivity index (χ3n) is 2.97. The number of halogens is 1. The zero-order chi connectivity index (χ0) is 11.4. The van der Waals surface area contributed by atoms with Crippen LogP contribution >= 0.6 is 15.9 Å². The molecule has 16 heavy (non-hydrogen) atoms. The molecule has 1 aliphatic rings. The van der Waals surface area contributed by atoms with Crippen molar-refractivity contribution in [3.63, 3.8) is 0 Å². The van der Waals surface area contributed by atoms with Crippen molar-refractivity contribution in [3.05, 3.63) is 30.1 Å². The molecule has 1 saturated heterocycles. The van der Waals surface area contributed by atoms with E-state index in [1.165, 1.54) is 0 Å². The standard InChI is InChI=1S/C12H15BrN2O/c13-6-4-10-5-8-15(9-10)12(16)11-3-1-2-7-14-11/h1-3,7,10H,4-6,8-9H2. The zero-order valence-corrected chi connectivity index (χ0v) is 10.7. The number of nitrogens with zero attached hydrogens (tertiary/aromatic N) is 2. The minimum Gasteiger partial charge on any atom is -0.337 e. The van der Waals surface area contributed by atoms with E-state index >= 15 is 0 Å². The molecule has 0 N–H and O–H groups in total. The molecule has 2 heterocycles. The number of pyridine rings is 1. The highest BCUT2D eigenvalue weighted by Gasteiger charge is 2.26. The smallest absolute Gasteiger partial charge is 0.272 e. The number of aromatic nitrogens is 1. The quantitative estimate of drug-likeness (QED) is 0.798. The fourth-order valence-electron chi connectivity index (χ4n) is 2.06. The number of likely N-dealkylation sites (tertiary alicyclic amines) is 1. The van der Waals surface area contributed by atoms with Crippen LogP contribution in [0, 0.1) is 5.92 Å². The van der Waals surface area contributed by atoms with Crippen LogP contribution in [0.3, 0.4) is 0 Å². The molecule has 4 heteroatoms. The summed E-state index contributed by atoms with van der Waals surface area (Å²) in [6.07, 6.45) is 3.93. The first-order chi connectivity index (χ1) is 7.81. The highest BCUT2D eigenvalue weighted by molar-refractivity contribution is 9.09. The molecular weight excluding hydrogens is 268 g/mol. The lowest BCUT2D eigenvalue weighted by molar-refractivity contribution is 0.0781. The van der Waals surface area contributed by atoms with Gasteiger partial charge in [-0.15, -0.1) is 0 Å². The van der Waals surface area contributed by atoms with E-state index < -0.39 is 0 Å². The van der Waals surface area contributed by atoms with Gasteiger partial charge in [0.05, 0.1) is 0 Å². The minimum atomic E-state index is 0.0673. The Morgan fingerprint density at radius 2 is 2.44 bits per heavy atom. The molecule has 1 atom stereocenters. The molecule has 1 unspecified atom stereocenters. The Labute approximate surface area is 104 Å². The van der Waals surface area contributed by atoms with Gasteiger partial charge in [-0.05, 0) is 30.9 Å². The summed E-state index contributed by atoms with van der Waals surface area (Å²) in [6, 6.07) is 5.46. The van der Waals surface area contributed by atoms with E-state index in [1.807, 2.05) is 17.0 Å². The van der Waals surface area contributed by atoms with Crippen molar-refractivity contribution in [2.24, 2.45) is 5.92 Å². The van der Waals surface area contributed by atoms with E-state index in [-0.39, 0.29) is 5.91 Å². The van der Waals surface area contributed by atoms with E-state index in [2.05, 4.69) is 20.9 Å². The van der Waals surface area contributed by atoms with Gasteiger partial charge in [-0.2, -0.15) is 0 Å². The molecule has 1 aliphatic heterocycles. The maximum atomic E-state index is 12.0.